The summed E-state index contributed by atoms with van der Waals surface area (Å²) >= 11 is 0. The van der Waals surface area contributed by atoms with E-state index in [9.17, 15) is 0 Å². The smallest absolute Gasteiger partial charge is 0.257 e. The van der Waals surface area contributed by atoms with E-state index in [1.807, 2.05) is 18.8 Å². The van der Waals surface area contributed by atoms with E-state index < -0.39 is 8.32 Å². The van der Waals surface area contributed by atoms with Crippen molar-refractivity contribution in [1.82, 2.24) is 0 Å². The minimum atomic E-state index is -1.78. The number of hydrogen-bond acceptors (Lipinski definition) is 2. The standard InChI is InChI=1S/C20H36O2Si/c1-15(2)23(16(3)4,17(5)6)22-12-11-18(7)9-10-20-14-21-13-19(20)8/h11-18H,9-10H2,1-8H3/b12-11+/t18-/m1/s1. The molecule has 0 unspecified atom stereocenters. The summed E-state index contributed by atoms with van der Waals surface area (Å²) < 4.78 is 11.7. The van der Waals surface area contributed by atoms with Crippen molar-refractivity contribution in [3.63, 3.8) is 0 Å². The summed E-state index contributed by atoms with van der Waals surface area (Å²) in [4.78, 5) is 0. The van der Waals surface area contributed by atoms with Crippen LogP contribution in [0.1, 0.15) is 66.0 Å². The van der Waals surface area contributed by atoms with Crippen molar-refractivity contribution in [2.45, 2.75) is 84.9 Å². The molecule has 0 aromatic carbocycles. The average molecular weight is 337 g/mol. The van der Waals surface area contributed by atoms with Crippen molar-refractivity contribution >= 4 is 8.32 Å². The Morgan fingerprint density at radius 1 is 1.00 bits per heavy atom. The molecule has 0 fully saturated rings. The molecule has 2 nitrogen and oxygen atoms in total. The lowest BCUT2D eigenvalue weighted by Gasteiger charge is -2.41. The Bertz CT molecular complexity index is 464. The fourth-order valence-corrected chi connectivity index (χ4v) is 8.95. The van der Waals surface area contributed by atoms with Crippen LogP contribution in [0.2, 0.25) is 16.6 Å². The largest absolute Gasteiger partial charge is 0.548 e. The lowest BCUT2D eigenvalue weighted by Crippen LogP contribution is -2.46. The normalized spacial score (nSPS) is 14.4. The number of hydrogen-bond donors (Lipinski definition) is 0. The highest BCUT2D eigenvalue weighted by Gasteiger charge is 2.46. The summed E-state index contributed by atoms with van der Waals surface area (Å²) in [6, 6.07) is 0. The van der Waals surface area contributed by atoms with Gasteiger partial charge in [-0.2, -0.15) is 0 Å². The van der Waals surface area contributed by atoms with E-state index in [2.05, 4.69) is 61.5 Å². The van der Waals surface area contributed by atoms with Crippen molar-refractivity contribution < 1.29 is 8.84 Å². The molecule has 1 heterocycles. The fourth-order valence-electron chi connectivity index (χ4n) is 3.82. The summed E-state index contributed by atoms with van der Waals surface area (Å²) in [5.74, 6) is 0.516. The van der Waals surface area contributed by atoms with Crippen LogP contribution in [0.25, 0.3) is 0 Å². The van der Waals surface area contributed by atoms with Crippen LogP contribution >= 0.6 is 0 Å². The van der Waals surface area contributed by atoms with Gasteiger partial charge in [0, 0.05) is 0 Å². The third-order valence-electron chi connectivity index (χ3n) is 5.22. The summed E-state index contributed by atoms with van der Waals surface area (Å²) in [5, 5.41) is 0. The molecule has 132 valence electrons. The lowest BCUT2D eigenvalue weighted by molar-refractivity contribution is 0.410. The predicted molar refractivity (Wildman–Crippen MR) is 102 cm³/mol. The van der Waals surface area contributed by atoms with Gasteiger partial charge in [0.25, 0.3) is 8.32 Å². The zero-order valence-corrected chi connectivity index (χ0v) is 17.3. The Balaban J connectivity index is 2.62. The van der Waals surface area contributed by atoms with Gasteiger partial charge in [0.05, 0.1) is 18.8 Å². The van der Waals surface area contributed by atoms with E-state index in [4.69, 9.17) is 8.84 Å². The van der Waals surface area contributed by atoms with Gasteiger partial charge in [-0.05, 0) is 59.5 Å². The van der Waals surface area contributed by atoms with Crippen LogP contribution in [0, 0.1) is 12.8 Å². The Morgan fingerprint density at radius 2 is 1.57 bits per heavy atom. The van der Waals surface area contributed by atoms with Gasteiger partial charge < -0.3 is 8.84 Å². The Labute approximate surface area is 144 Å². The summed E-state index contributed by atoms with van der Waals surface area (Å²) in [5.41, 5.74) is 4.44. The third kappa shape index (κ3) is 5.00. The molecule has 0 amide bonds. The molecule has 1 aromatic heterocycles. The molecule has 23 heavy (non-hydrogen) atoms. The quantitative estimate of drug-likeness (QED) is 0.363. The molecule has 0 saturated carbocycles. The minimum Gasteiger partial charge on any atom is -0.548 e. The molecule has 3 heteroatoms. The number of furan rings is 1. The van der Waals surface area contributed by atoms with Gasteiger partial charge >= 0.3 is 0 Å². The first-order valence-corrected chi connectivity index (χ1v) is 11.2. The molecule has 1 atom stereocenters. The molecule has 1 aromatic rings. The second-order valence-electron chi connectivity index (χ2n) is 7.86. The van der Waals surface area contributed by atoms with Crippen LogP contribution in [0.4, 0.5) is 0 Å². The van der Waals surface area contributed by atoms with Crippen LogP contribution in [0.15, 0.2) is 29.3 Å². The van der Waals surface area contributed by atoms with Crippen LogP contribution in [-0.4, -0.2) is 8.32 Å². The molecule has 0 saturated heterocycles. The first-order valence-electron chi connectivity index (χ1n) is 9.07. The Morgan fingerprint density at radius 3 is 2.00 bits per heavy atom. The van der Waals surface area contributed by atoms with E-state index in [1.165, 1.54) is 11.1 Å². The Hall–Kier alpha value is -0.963. The maximum absolute atomic E-state index is 6.49. The SMILES string of the molecule is Cc1cocc1CC[C@@H](C)/C=C/O[Si](C(C)C)(C(C)C)C(C)C. The number of allylic oxidation sites excluding steroid dienone is 1. The van der Waals surface area contributed by atoms with Crippen LogP contribution < -0.4 is 0 Å². The van der Waals surface area contributed by atoms with E-state index in [0.29, 0.717) is 22.5 Å². The van der Waals surface area contributed by atoms with E-state index in [1.54, 1.807) is 0 Å². The van der Waals surface area contributed by atoms with Gasteiger partial charge in [-0.25, -0.2) is 0 Å². The molecule has 0 N–H and O–H groups in total. The van der Waals surface area contributed by atoms with E-state index >= 15 is 0 Å². The van der Waals surface area contributed by atoms with Gasteiger partial charge in [0.2, 0.25) is 0 Å². The first kappa shape index (κ1) is 20.1. The van der Waals surface area contributed by atoms with Crippen molar-refractivity contribution in [3.05, 3.63) is 36.0 Å². The van der Waals surface area contributed by atoms with Crippen LogP contribution in [0.5, 0.6) is 0 Å². The van der Waals surface area contributed by atoms with Crippen molar-refractivity contribution in [2.75, 3.05) is 0 Å². The van der Waals surface area contributed by atoms with Crippen molar-refractivity contribution in [3.8, 4) is 0 Å². The maximum atomic E-state index is 6.49. The maximum Gasteiger partial charge on any atom is 0.257 e. The highest BCUT2D eigenvalue weighted by atomic mass is 28.4. The molecule has 0 aliphatic rings. The topological polar surface area (TPSA) is 22.4 Å². The molecule has 0 spiro atoms. The highest BCUT2D eigenvalue weighted by Crippen LogP contribution is 2.42. The summed E-state index contributed by atoms with van der Waals surface area (Å²) in [6.45, 7) is 18.3. The van der Waals surface area contributed by atoms with E-state index in [0.717, 1.165) is 12.8 Å². The van der Waals surface area contributed by atoms with Gasteiger partial charge in [-0.1, -0.05) is 48.5 Å². The highest BCUT2D eigenvalue weighted by molar-refractivity contribution is 6.77. The number of rotatable bonds is 9. The second-order valence-corrected chi connectivity index (χ2v) is 13.3. The van der Waals surface area contributed by atoms with Crippen LogP contribution in [-0.2, 0) is 10.8 Å². The summed E-state index contributed by atoms with van der Waals surface area (Å²) in [6.07, 6.45) is 10.1. The molecular formula is C20H36O2Si. The molecule has 0 bridgehead atoms. The average Bonchev–Trinajstić information content (AvgIpc) is 2.85. The van der Waals surface area contributed by atoms with Crippen molar-refractivity contribution in [2.24, 2.45) is 5.92 Å². The molecule has 0 radical (unpaired) electrons. The third-order valence-corrected chi connectivity index (χ3v) is 11.2. The zero-order valence-electron chi connectivity index (χ0n) is 16.3. The first-order chi connectivity index (χ1) is 10.7. The van der Waals surface area contributed by atoms with Gasteiger partial charge in [0.1, 0.15) is 0 Å². The molecule has 1 rings (SSSR count). The molecule has 0 aliphatic carbocycles. The number of aryl methyl sites for hydroxylation is 2. The van der Waals surface area contributed by atoms with Gasteiger partial charge in [-0.3, -0.25) is 0 Å². The Kier molecular flexibility index (Phi) is 7.66. The van der Waals surface area contributed by atoms with Crippen LogP contribution in [0.3, 0.4) is 0 Å². The molecular weight excluding hydrogens is 300 g/mol. The van der Waals surface area contributed by atoms with Gasteiger partial charge in [0.15, 0.2) is 0 Å². The van der Waals surface area contributed by atoms with Gasteiger partial charge in [-0.15, -0.1) is 0 Å². The lowest BCUT2D eigenvalue weighted by atomic mass is 10.0. The fraction of sp³-hybridized carbons (Fsp3) is 0.700. The monoisotopic (exact) mass is 336 g/mol. The molecule has 0 aliphatic heterocycles. The minimum absolute atomic E-state index is 0.516. The second kappa shape index (κ2) is 8.77. The summed E-state index contributed by atoms with van der Waals surface area (Å²) in [7, 11) is -1.78. The zero-order chi connectivity index (χ0) is 17.6. The predicted octanol–water partition coefficient (Wildman–Crippen LogP) is 6.86. The van der Waals surface area contributed by atoms with E-state index in [-0.39, 0.29) is 0 Å². The van der Waals surface area contributed by atoms with Crippen molar-refractivity contribution in [1.29, 1.82) is 0 Å².